The van der Waals surface area contributed by atoms with E-state index in [9.17, 15) is 9.59 Å². The van der Waals surface area contributed by atoms with Crippen LogP contribution in [-0.4, -0.2) is 34.9 Å². The number of aliphatic imine (C=N–C) groups is 1. The largest absolute Gasteiger partial charge is 0.480 e. The highest BCUT2D eigenvalue weighted by Crippen LogP contribution is 2.14. The summed E-state index contributed by atoms with van der Waals surface area (Å²) in [5, 5.41) is 8.72. The Balaban J connectivity index is 4.53. The smallest absolute Gasteiger partial charge is 0.332 e. The maximum Gasteiger partial charge on any atom is 0.332 e. The van der Waals surface area contributed by atoms with Crippen LogP contribution in [0.25, 0.3) is 0 Å². The molecule has 0 radical (unpaired) electrons. The third-order valence-electron chi connectivity index (χ3n) is 1.43. The molecule has 0 saturated carbocycles. The zero-order valence-corrected chi connectivity index (χ0v) is 8.77. The number of isocyanates is 1. The number of carbonyl (C=O) groups is 1. The second-order valence-electron chi connectivity index (χ2n) is 3.94. The Morgan fingerprint density at radius 2 is 2.00 bits per heavy atom. The summed E-state index contributed by atoms with van der Waals surface area (Å²) in [4.78, 5) is 23.8. The lowest BCUT2D eigenvalue weighted by atomic mass is 10.1. The summed E-state index contributed by atoms with van der Waals surface area (Å²) >= 11 is 0. The van der Waals surface area contributed by atoms with Crippen LogP contribution in [0.3, 0.4) is 0 Å². The molecule has 0 aliphatic carbocycles. The average Bonchev–Trinajstić information content (AvgIpc) is 1.95. The summed E-state index contributed by atoms with van der Waals surface area (Å²) in [6, 6.07) is -1.19. The molecule has 0 saturated heterocycles. The van der Waals surface area contributed by atoms with Crippen molar-refractivity contribution < 1.29 is 19.4 Å². The zero-order valence-electron chi connectivity index (χ0n) is 8.77. The fourth-order valence-electron chi connectivity index (χ4n) is 1.04. The number of rotatable bonds is 4. The lowest BCUT2D eigenvalue weighted by molar-refractivity contribution is -0.145. The van der Waals surface area contributed by atoms with Gasteiger partial charge in [0.1, 0.15) is 0 Å². The monoisotopic (exact) mass is 201 g/mol. The van der Waals surface area contributed by atoms with Crippen molar-refractivity contribution in [2.75, 3.05) is 0 Å². The molecule has 0 amide bonds. The molecule has 5 heteroatoms. The van der Waals surface area contributed by atoms with E-state index in [1.54, 1.807) is 27.7 Å². The van der Waals surface area contributed by atoms with Gasteiger partial charge >= 0.3 is 5.97 Å². The highest BCUT2D eigenvalue weighted by atomic mass is 16.5. The maximum absolute atomic E-state index is 10.7. The Bertz CT molecular complexity index is 248. The van der Waals surface area contributed by atoms with Crippen molar-refractivity contribution in [1.82, 2.24) is 0 Å². The van der Waals surface area contributed by atoms with Gasteiger partial charge in [0.25, 0.3) is 0 Å². The van der Waals surface area contributed by atoms with Gasteiger partial charge in [-0.3, -0.25) is 0 Å². The first-order valence-electron chi connectivity index (χ1n) is 4.25. The topological polar surface area (TPSA) is 76.0 Å². The minimum atomic E-state index is -1.19. The van der Waals surface area contributed by atoms with Crippen LogP contribution in [-0.2, 0) is 14.3 Å². The van der Waals surface area contributed by atoms with E-state index in [0.717, 1.165) is 0 Å². The van der Waals surface area contributed by atoms with Gasteiger partial charge in [0.2, 0.25) is 6.08 Å². The van der Waals surface area contributed by atoms with Crippen LogP contribution in [0.2, 0.25) is 0 Å². The molecular weight excluding hydrogens is 186 g/mol. The first-order valence-corrected chi connectivity index (χ1v) is 4.25. The van der Waals surface area contributed by atoms with Crippen LogP contribution < -0.4 is 0 Å². The average molecular weight is 201 g/mol. The summed E-state index contributed by atoms with van der Waals surface area (Å²) in [5.74, 6) is -1.19. The van der Waals surface area contributed by atoms with Crippen LogP contribution in [0, 0.1) is 0 Å². The van der Waals surface area contributed by atoms with Gasteiger partial charge in [0.15, 0.2) is 6.04 Å². The lowest BCUT2D eigenvalue weighted by Gasteiger charge is -2.26. The number of hydrogen-bond acceptors (Lipinski definition) is 4. The molecule has 0 heterocycles. The number of aliphatic carboxylic acids is 1. The molecule has 5 nitrogen and oxygen atoms in total. The van der Waals surface area contributed by atoms with Gasteiger partial charge < -0.3 is 9.84 Å². The quantitative estimate of drug-likeness (QED) is 0.543. The van der Waals surface area contributed by atoms with Crippen molar-refractivity contribution in [3.63, 3.8) is 0 Å². The molecule has 0 aliphatic heterocycles. The number of hydrogen-bond donors (Lipinski definition) is 1. The predicted octanol–water partition coefficient (Wildman–Crippen LogP) is 0.979. The molecule has 0 aromatic heterocycles. The summed E-state index contributed by atoms with van der Waals surface area (Å²) in [5.41, 5.74) is -0.467. The molecule has 0 bridgehead atoms. The summed E-state index contributed by atoms with van der Waals surface area (Å²) in [6.45, 7) is 6.96. The van der Waals surface area contributed by atoms with E-state index in [1.807, 2.05) is 0 Å². The zero-order chi connectivity index (χ0) is 11.4. The Morgan fingerprint density at radius 3 is 2.29 bits per heavy atom. The molecule has 0 fully saturated rings. The van der Waals surface area contributed by atoms with Crippen molar-refractivity contribution in [2.24, 2.45) is 4.99 Å². The lowest BCUT2D eigenvalue weighted by Crippen LogP contribution is -2.37. The van der Waals surface area contributed by atoms with Gasteiger partial charge in [-0.2, -0.15) is 4.99 Å². The van der Waals surface area contributed by atoms with Crippen LogP contribution in [0.15, 0.2) is 4.99 Å². The van der Waals surface area contributed by atoms with Gasteiger partial charge in [-0.05, 0) is 27.7 Å². The first-order chi connectivity index (χ1) is 6.28. The van der Waals surface area contributed by atoms with Crippen molar-refractivity contribution >= 4 is 12.0 Å². The molecule has 14 heavy (non-hydrogen) atoms. The number of carbonyl (C=O) groups excluding carboxylic acids is 1. The SMILES string of the molecule is C[C@@H](OC(C)(C)C)C(N=C=O)C(=O)O. The molecule has 0 aromatic carbocycles. The van der Waals surface area contributed by atoms with Crippen LogP contribution in [0.5, 0.6) is 0 Å². The van der Waals surface area contributed by atoms with E-state index >= 15 is 0 Å². The van der Waals surface area contributed by atoms with E-state index in [1.165, 1.54) is 6.08 Å². The summed E-state index contributed by atoms with van der Waals surface area (Å²) in [7, 11) is 0. The molecule has 0 rings (SSSR count). The Labute approximate surface area is 82.8 Å². The Morgan fingerprint density at radius 1 is 1.50 bits per heavy atom. The molecular formula is C9H15NO4. The van der Waals surface area contributed by atoms with Gasteiger partial charge in [0.05, 0.1) is 11.7 Å². The molecule has 0 spiro atoms. The second kappa shape index (κ2) is 4.88. The molecule has 1 unspecified atom stereocenters. The predicted molar refractivity (Wildman–Crippen MR) is 49.8 cm³/mol. The summed E-state index contributed by atoms with van der Waals surface area (Å²) in [6.07, 6.45) is 0.572. The highest BCUT2D eigenvalue weighted by Gasteiger charge is 2.28. The molecule has 80 valence electrons. The van der Waals surface area contributed by atoms with E-state index in [0.29, 0.717) is 0 Å². The standard InChI is InChI=1S/C9H15NO4/c1-6(14-9(2,3)4)7(8(12)13)10-5-11/h6-7H,1-4H3,(H,12,13)/t6-,7?/m1/s1. The molecule has 0 aliphatic rings. The Hall–Kier alpha value is -1.19. The molecule has 2 atom stereocenters. The minimum Gasteiger partial charge on any atom is -0.480 e. The summed E-state index contributed by atoms with van der Waals surface area (Å²) < 4.78 is 5.36. The third-order valence-corrected chi connectivity index (χ3v) is 1.43. The van der Waals surface area contributed by atoms with Crippen molar-refractivity contribution in [2.45, 2.75) is 45.4 Å². The number of ether oxygens (including phenoxy) is 1. The molecule has 1 N–H and O–H groups in total. The highest BCUT2D eigenvalue weighted by molar-refractivity contribution is 5.75. The van der Waals surface area contributed by atoms with Crippen molar-refractivity contribution in [1.29, 1.82) is 0 Å². The van der Waals surface area contributed by atoms with Gasteiger partial charge in [-0.15, -0.1) is 0 Å². The number of nitrogens with zero attached hydrogens (tertiary/aromatic N) is 1. The first kappa shape index (κ1) is 12.8. The second-order valence-corrected chi connectivity index (χ2v) is 3.94. The maximum atomic E-state index is 10.7. The fraction of sp³-hybridized carbons (Fsp3) is 0.778. The van der Waals surface area contributed by atoms with E-state index in [4.69, 9.17) is 9.84 Å². The van der Waals surface area contributed by atoms with Crippen LogP contribution in [0.4, 0.5) is 0 Å². The van der Waals surface area contributed by atoms with Crippen molar-refractivity contribution in [3.8, 4) is 0 Å². The van der Waals surface area contributed by atoms with E-state index in [2.05, 4.69) is 4.99 Å². The van der Waals surface area contributed by atoms with E-state index < -0.39 is 23.7 Å². The third kappa shape index (κ3) is 4.74. The van der Waals surface area contributed by atoms with Gasteiger partial charge in [-0.1, -0.05) is 0 Å². The fourth-order valence-corrected chi connectivity index (χ4v) is 1.04. The Kier molecular flexibility index (Phi) is 4.47. The number of carboxylic acids is 1. The number of carboxylic acid groups (broad SMARTS) is 1. The van der Waals surface area contributed by atoms with Crippen molar-refractivity contribution in [3.05, 3.63) is 0 Å². The normalized spacial score (nSPS) is 15.4. The van der Waals surface area contributed by atoms with Crippen LogP contribution in [0.1, 0.15) is 27.7 Å². The van der Waals surface area contributed by atoms with Crippen LogP contribution >= 0.6 is 0 Å². The molecule has 0 aromatic rings. The van der Waals surface area contributed by atoms with Gasteiger partial charge in [0, 0.05) is 0 Å². The van der Waals surface area contributed by atoms with E-state index in [-0.39, 0.29) is 0 Å². The minimum absolute atomic E-state index is 0.467. The van der Waals surface area contributed by atoms with Gasteiger partial charge in [-0.25, -0.2) is 9.59 Å².